The smallest absolute Gasteiger partial charge is 0.223 e. The Morgan fingerprint density at radius 1 is 1.09 bits per heavy atom. The lowest BCUT2D eigenvalue weighted by Crippen LogP contribution is -2.44. The molecule has 0 aliphatic carbocycles. The first-order valence-corrected chi connectivity index (χ1v) is 10.9. The molecule has 0 bridgehead atoms. The van der Waals surface area contributed by atoms with E-state index in [9.17, 15) is 9.59 Å². The molecular weight excluding hydrogens is 408 g/mol. The monoisotopic (exact) mass is 440 g/mol. The van der Waals surface area contributed by atoms with Crippen LogP contribution in [0.25, 0.3) is 0 Å². The van der Waals surface area contributed by atoms with E-state index in [0.29, 0.717) is 23.6 Å². The third-order valence-corrected chi connectivity index (χ3v) is 5.32. The molecule has 1 fully saturated rings. The zero-order valence-corrected chi connectivity index (χ0v) is 19.0. The van der Waals surface area contributed by atoms with Crippen molar-refractivity contribution in [2.75, 3.05) is 26.8 Å². The molecule has 0 spiro atoms. The minimum atomic E-state index is -0.0890. The van der Waals surface area contributed by atoms with E-state index in [1.165, 1.54) is 12.7 Å². The van der Waals surface area contributed by atoms with Crippen molar-refractivity contribution in [1.29, 1.82) is 0 Å². The normalized spacial score (nSPS) is 18.7. The van der Waals surface area contributed by atoms with Crippen molar-refractivity contribution in [2.45, 2.75) is 45.6 Å². The quantitative estimate of drug-likeness (QED) is 0.572. The maximum absolute atomic E-state index is 12.2. The molecule has 0 radical (unpaired) electrons. The summed E-state index contributed by atoms with van der Waals surface area (Å²) in [5.41, 5.74) is 2.81. The SMILES string of the molecule is COc1cc(C=O)ccc1OCCC(=O)NCc1ccc(CN2C[C@@H](C)O[C@H](C)C2)cc1. The van der Waals surface area contributed by atoms with Gasteiger partial charge in [0.05, 0.1) is 32.3 Å². The molecule has 1 heterocycles. The van der Waals surface area contributed by atoms with Crippen LogP contribution in [0.4, 0.5) is 0 Å². The lowest BCUT2D eigenvalue weighted by Gasteiger charge is -2.35. The molecule has 2 atom stereocenters. The highest BCUT2D eigenvalue weighted by Crippen LogP contribution is 2.27. The number of morpholine rings is 1. The van der Waals surface area contributed by atoms with Gasteiger partial charge in [0.1, 0.15) is 6.29 Å². The van der Waals surface area contributed by atoms with Gasteiger partial charge in [-0.2, -0.15) is 0 Å². The van der Waals surface area contributed by atoms with Crippen molar-refractivity contribution in [3.63, 3.8) is 0 Å². The highest BCUT2D eigenvalue weighted by molar-refractivity contribution is 5.77. The molecule has 1 aliphatic heterocycles. The number of ether oxygens (including phenoxy) is 3. The van der Waals surface area contributed by atoms with E-state index in [4.69, 9.17) is 14.2 Å². The molecule has 0 saturated carbocycles. The Kier molecular flexibility index (Phi) is 8.64. The van der Waals surface area contributed by atoms with Gasteiger partial charge in [-0.1, -0.05) is 24.3 Å². The van der Waals surface area contributed by atoms with Crippen molar-refractivity contribution in [2.24, 2.45) is 0 Å². The molecule has 7 heteroatoms. The molecule has 1 aliphatic rings. The summed E-state index contributed by atoms with van der Waals surface area (Å²) in [6, 6.07) is 13.3. The molecule has 1 amide bonds. The van der Waals surface area contributed by atoms with Crippen LogP contribution in [0.5, 0.6) is 11.5 Å². The van der Waals surface area contributed by atoms with Gasteiger partial charge in [-0.3, -0.25) is 14.5 Å². The Labute approximate surface area is 189 Å². The molecule has 1 saturated heterocycles. The number of aldehydes is 1. The Balaban J connectivity index is 1.40. The van der Waals surface area contributed by atoms with Crippen molar-refractivity contribution in [3.05, 3.63) is 59.2 Å². The highest BCUT2D eigenvalue weighted by Gasteiger charge is 2.21. The summed E-state index contributed by atoms with van der Waals surface area (Å²) in [6.07, 6.45) is 1.49. The van der Waals surface area contributed by atoms with Gasteiger partial charge in [-0.15, -0.1) is 0 Å². The summed E-state index contributed by atoms with van der Waals surface area (Å²) in [6.45, 7) is 7.70. The summed E-state index contributed by atoms with van der Waals surface area (Å²) in [5, 5.41) is 2.92. The van der Waals surface area contributed by atoms with Crippen LogP contribution in [0.3, 0.4) is 0 Å². The third kappa shape index (κ3) is 7.07. The third-order valence-electron chi connectivity index (χ3n) is 5.32. The number of carbonyl (C=O) groups is 2. The van der Waals surface area contributed by atoms with Gasteiger partial charge in [0.2, 0.25) is 5.91 Å². The first kappa shape index (κ1) is 23.8. The summed E-state index contributed by atoms with van der Waals surface area (Å²) in [5.74, 6) is 0.885. The van der Waals surface area contributed by atoms with Crippen LogP contribution in [0, 0.1) is 0 Å². The standard InChI is InChI=1S/C25H32N2O5/c1-18-14-27(15-19(2)32-18)16-21-6-4-20(5-7-21)13-26-25(29)10-11-31-23-9-8-22(17-28)12-24(23)30-3/h4-9,12,17-19H,10-11,13-16H2,1-3H3,(H,26,29)/t18-,19-/m1/s1. The number of hydrogen-bond acceptors (Lipinski definition) is 6. The first-order valence-electron chi connectivity index (χ1n) is 10.9. The molecule has 7 nitrogen and oxygen atoms in total. The van der Waals surface area contributed by atoms with Crippen LogP contribution < -0.4 is 14.8 Å². The Morgan fingerprint density at radius 3 is 2.44 bits per heavy atom. The van der Waals surface area contributed by atoms with Gasteiger partial charge < -0.3 is 19.5 Å². The van der Waals surface area contributed by atoms with Gasteiger partial charge in [0, 0.05) is 31.7 Å². The van der Waals surface area contributed by atoms with E-state index in [-0.39, 0.29) is 31.1 Å². The van der Waals surface area contributed by atoms with E-state index in [2.05, 4.69) is 48.3 Å². The Bertz CT molecular complexity index is 890. The van der Waals surface area contributed by atoms with Crippen LogP contribution in [0.2, 0.25) is 0 Å². The maximum Gasteiger partial charge on any atom is 0.223 e. The fourth-order valence-corrected chi connectivity index (χ4v) is 3.85. The van der Waals surface area contributed by atoms with E-state index >= 15 is 0 Å². The van der Waals surface area contributed by atoms with Gasteiger partial charge >= 0.3 is 0 Å². The maximum atomic E-state index is 12.2. The number of rotatable bonds is 10. The van der Waals surface area contributed by atoms with Gasteiger partial charge in [-0.25, -0.2) is 0 Å². The number of carbonyl (C=O) groups excluding carboxylic acids is 2. The van der Waals surface area contributed by atoms with E-state index in [1.54, 1.807) is 18.2 Å². The fraction of sp³-hybridized carbons (Fsp3) is 0.440. The summed E-state index contributed by atoms with van der Waals surface area (Å²) in [4.78, 5) is 25.4. The average Bonchev–Trinajstić information content (AvgIpc) is 2.78. The molecule has 0 unspecified atom stereocenters. The number of nitrogens with one attached hydrogen (secondary N) is 1. The Hall–Kier alpha value is -2.90. The second-order valence-corrected chi connectivity index (χ2v) is 8.17. The predicted molar refractivity (Wildman–Crippen MR) is 122 cm³/mol. The number of nitrogens with zero attached hydrogens (tertiary/aromatic N) is 1. The minimum Gasteiger partial charge on any atom is -0.493 e. The van der Waals surface area contributed by atoms with E-state index < -0.39 is 0 Å². The molecule has 2 aromatic carbocycles. The summed E-state index contributed by atoms with van der Waals surface area (Å²) < 4.78 is 16.7. The summed E-state index contributed by atoms with van der Waals surface area (Å²) >= 11 is 0. The van der Waals surface area contributed by atoms with Crippen molar-refractivity contribution in [3.8, 4) is 11.5 Å². The number of methoxy groups -OCH3 is 1. The first-order chi connectivity index (χ1) is 15.5. The van der Waals surface area contributed by atoms with Crippen LogP contribution >= 0.6 is 0 Å². The number of hydrogen-bond donors (Lipinski definition) is 1. The van der Waals surface area contributed by atoms with E-state index in [0.717, 1.165) is 31.5 Å². The second kappa shape index (κ2) is 11.6. The van der Waals surface area contributed by atoms with Crippen LogP contribution in [0.15, 0.2) is 42.5 Å². The van der Waals surface area contributed by atoms with Gasteiger partial charge in [0.25, 0.3) is 0 Å². The predicted octanol–water partition coefficient (Wildman–Crippen LogP) is 3.20. The lowest BCUT2D eigenvalue weighted by atomic mass is 10.1. The molecule has 0 aromatic heterocycles. The second-order valence-electron chi connectivity index (χ2n) is 8.17. The number of amides is 1. The average molecular weight is 441 g/mol. The van der Waals surface area contributed by atoms with Gasteiger partial charge in [0.15, 0.2) is 11.5 Å². The molecular formula is C25H32N2O5. The largest absolute Gasteiger partial charge is 0.493 e. The summed E-state index contributed by atoms with van der Waals surface area (Å²) in [7, 11) is 1.51. The van der Waals surface area contributed by atoms with Crippen LogP contribution in [0.1, 0.15) is 41.8 Å². The molecule has 172 valence electrons. The molecule has 32 heavy (non-hydrogen) atoms. The zero-order valence-electron chi connectivity index (χ0n) is 19.0. The molecule has 1 N–H and O–H groups in total. The van der Waals surface area contributed by atoms with Crippen LogP contribution in [-0.4, -0.2) is 56.1 Å². The fourth-order valence-electron chi connectivity index (χ4n) is 3.85. The van der Waals surface area contributed by atoms with Crippen molar-refractivity contribution in [1.82, 2.24) is 10.2 Å². The van der Waals surface area contributed by atoms with Crippen LogP contribution in [-0.2, 0) is 22.6 Å². The topological polar surface area (TPSA) is 77.1 Å². The highest BCUT2D eigenvalue weighted by atomic mass is 16.5. The molecule has 2 aromatic rings. The number of benzene rings is 2. The van der Waals surface area contributed by atoms with Gasteiger partial charge in [-0.05, 0) is 43.2 Å². The minimum absolute atomic E-state index is 0.0890. The van der Waals surface area contributed by atoms with E-state index in [1.807, 2.05) is 0 Å². The zero-order chi connectivity index (χ0) is 22.9. The van der Waals surface area contributed by atoms with Crippen molar-refractivity contribution >= 4 is 12.2 Å². The van der Waals surface area contributed by atoms with Crippen molar-refractivity contribution < 1.29 is 23.8 Å². The Morgan fingerprint density at radius 2 is 1.78 bits per heavy atom. The lowest BCUT2D eigenvalue weighted by molar-refractivity contribution is -0.121. The molecule has 3 rings (SSSR count).